The Kier molecular flexibility index (Phi) is 9.85. The van der Waals surface area contributed by atoms with Crippen molar-refractivity contribution < 1.29 is 4.79 Å². The molecule has 3 N–H and O–H groups in total. The Morgan fingerprint density at radius 1 is 1.28 bits per heavy atom. The van der Waals surface area contributed by atoms with Gasteiger partial charge in [-0.1, -0.05) is 38.8 Å². The number of nitrogens with one attached hydrogen (secondary N) is 1. The van der Waals surface area contributed by atoms with Gasteiger partial charge in [-0.2, -0.15) is 0 Å². The van der Waals surface area contributed by atoms with Gasteiger partial charge in [0.1, 0.15) is 0 Å². The zero-order valence-corrected chi connectivity index (χ0v) is 17.7. The van der Waals surface area contributed by atoms with Crippen LogP contribution in [0.5, 0.6) is 0 Å². The summed E-state index contributed by atoms with van der Waals surface area (Å²) in [6, 6.07) is 7.84. The van der Waals surface area contributed by atoms with E-state index in [1.54, 1.807) is 0 Å². The quantitative estimate of drug-likeness (QED) is 0.399. The summed E-state index contributed by atoms with van der Waals surface area (Å²) >= 11 is 0. The molecule has 1 aliphatic rings. The molecule has 1 amide bonds. The number of aliphatic imine (C=N–C) groups is 1. The third kappa shape index (κ3) is 7.22. The average molecular weight is 458 g/mol. The Labute approximate surface area is 168 Å². The van der Waals surface area contributed by atoms with Gasteiger partial charge in [-0.25, -0.2) is 4.99 Å². The molecule has 1 saturated heterocycles. The summed E-state index contributed by atoms with van der Waals surface area (Å²) in [4.78, 5) is 18.7. The van der Waals surface area contributed by atoms with Gasteiger partial charge in [0.2, 0.25) is 5.91 Å². The highest BCUT2D eigenvalue weighted by atomic mass is 127. The van der Waals surface area contributed by atoms with Crippen LogP contribution in [-0.2, 0) is 11.3 Å². The molecule has 1 atom stereocenters. The number of nitrogens with zero attached hydrogens (tertiary/aromatic N) is 2. The van der Waals surface area contributed by atoms with Crippen LogP contribution in [0.4, 0.5) is 5.69 Å². The molecule has 25 heavy (non-hydrogen) atoms. The van der Waals surface area contributed by atoms with Crippen LogP contribution in [0.1, 0.15) is 51.5 Å². The van der Waals surface area contributed by atoms with E-state index in [0.717, 1.165) is 30.8 Å². The average Bonchev–Trinajstić information content (AvgIpc) is 2.88. The standard InChI is InChI=1S/C19H30N4O.HI/c1-3-15(2)18(24)22-17-10-8-9-16(13-17)14-21-19(20)23-11-6-4-5-7-12-23;/h8-10,13,15H,3-7,11-12,14H2,1-2H3,(H2,20,21)(H,22,24);1H. The molecule has 2 rings (SSSR count). The molecule has 1 unspecified atom stereocenters. The van der Waals surface area contributed by atoms with Crippen molar-refractivity contribution in [2.75, 3.05) is 18.4 Å². The number of likely N-dealkylation sites (tertiary alicyclic amines) is 1. The van der Waals surface area contributed by atoms with Gasteiger partial charge < -0.3 is 16.0 Å². The lowest BCUT2D eigenvalue weighted by Gasteiger charge is -2.21. The van der Waals surface area contributed by atoms with Crippen LogP contribution in [-0.4, -0.2) is 29.9 Å². The Morgan fingerprint density at radius 3 is 2.60 bits per heavy atom. The number of rotatable bonds is 5. The third-order valence-corrected chi connectivity index (χ3v) is 4.61. The number of anilines is 1. The van der Waals surface area contributed by atoms with Crippen molar-refractivity contribution in [1.82, 2.24) is 4.90 Å². The van der Waals surface area contributed by atoms with Crippen molar-refractivity contribution in [1.29, 1.82) is 0 Å². The number of hydrogen-bond donors (Lipinski definition) is 2. The van der Waals surface area contributed by atoms with E-state index in [0.29, 0.717) is 12.5 Å². The van der Waals surface area contributed by atoms with E-state index in [1.807, 2.05) is 38.1 Å². The Morgan fingerprint density at radius 2 is 1.96 bits per heavy atom. The number of hydrogen-bond acceptors (Lipinski definition) is 2. The number of nitrogens with two attached hydrogens (primary N) is 1. The van der Waals surface area contributed by atoms with Crippen LogP contribution in [0, 0.1) is 5.92 Å². The molecule has 0 aromatic heterocycles. The minimum atomic E-state index is 0. The first-order chi connectivity index (χ1) is 11.6. The lowest BCUT2D eigenvalue weighted by atomic mass is 10.1. The molecule has 1 aliphatic heterocycles. The Balaban J connectivity index is 0.00000312. The van der Waals surface area contributed by atoms with Crippen molar-refractivity contribution in [2.45, 2.75) is 52.5 Å². The van der Waals surface area contributed by atoms with Crippen molar-refractivity contribution in [3.8, 4) is 0 Å². The number of carbonyl (C=O) groups is 1. The minimum Gasteiger partial charge on any atom is -0.370 e. The number of benzene rings is 1. The van der Waals surface area contributed by atoms with Gasteiger partial charge in [-0.15, -0.1) is 24.0 Å². The predicted octanol–water partition coefficient (Wildman–Crippen LogP) is 3.98. The lowest BCUT2D eigenvalue weighted by molar-refractivity contribution is -0.119. The highest BCUT2D eigenvalue weighted by molar-refractivity contribution is 14.0. The second kappa shape index (κ2) is 11.3. The molecule has 0 radical (unpaired) electrons. The maximum absolute atomic E-state index is 12.0. The zero-order valence-electron chi connectivity index (χ0n) is 15.3. The lowest BCUT2D eigenvalue weighted by Crippen LogP contribution is -2.38. The molecule has 1 aromatic carbocycles. The SMILES string of the molecule is CCC(C)C(=O)Nc1cccc(CN=C(N)N2CCCCCC2)c1.I. The highest BCUT2D eigenvalue weighted by Gasteiger charge is 2.12. The maximum Gasteiger partial charge on any atom is 0.227 e. The fourth-order valence-electron chi connectivity index (χ4n) is 2.77. The van der Waals surface area contributed by atoms with Gasteiger partial charge in [0.15, 0.2) is 5.96 Å². The second-order valence-corrected chi connectivity index (χ2v) is 6.57. The normalized spacial score (nSPS) is 16.6. The third-order valence-electron chi connectivity index (χ3n) is 4.61. The molecule has 0 spiro atoms. The summed E-state index contributed by atoms with van der Waals surface area (Å²) in [5, 5.41) is 2.96. The topological polar surface area (TPSA) is 70.7 Å². The van der Waals surface area contributed by atoms with Crippen LogP contribution >= 0.6 is 24.0 Å². The highest BCUT2D eigenvalue weighted by Crippen LogP contribution is 2.14. The molecule has 1 fully saturated rings. The van der Waals surface area contributed by atoms with Crippen LogP contribution in [0.3, 0.4) is 0 Å². The fraction of sp³-hybridized carbons (Fsp3) is 0.579. The number of guanidine groups is 1. The maximum atomic E-state index is 12.0. The van der Waals surface area contributed by atoms with Gasteiger partial charge in [0, 0.05) is 24.7 Å². The molecule has 0 aliphatic carbocycles. The zero-order chi connectivity index (χ0) is 17.4. The van der Waals surface area contributed by atoms with Crippen molar-refractivity contribution in [3.63, 3.8) is 0 Å². The first-order valence-corrected chi connectivity index (χ1v) is 9.04. The van der Waals surface area contributed by atoms with E-state index >= 15 is 0 Å². The molecule has 5 nitrogen and oxygen atoms in total. The molecule has 1 aromatic rings. The summed E-state index contributed by atoms with van der Waals surface area (Å²) in [6.45, 7) is 6.49. The van der Waals surface area contributed by atoms with Crippen molar-refractivity contribution >= 4 is 41.5 Å². The van der Waals surface area contributed by atoms with E-state index < -0.39 is 0 Å². The predicted molar refractivity (Wildman–Crippen MR) is 115 cm³/mol. The molecule has 140 valence electrons. The van der Waals surface area contributed by atoms with Gasteiger partial charge in [0.25, 0.3) is 0 Å². The van der Waals surface area contributed by atoms with Gasteiger partial charge in [0.05, 0.1) is 6.54 Å². The number of halogens is 1. The monoisotopic (exact) mass is 458 g/mol. The van der Waals surface area contributed by atoms with Gasteiger partial charge in [-0.05, 0) is 37.0 Å². The first kappa shape index (κ1) is 21.7. The smallest absolute Gasteiger partial charge is 0.227 e. The van der Waals surface area contributed by atoms with E-state index in [9.17, 15) is 4.79 Å². The van der Waals surface area contributed by atoms with Crippen LogP contribution < -0.4 is 11.1 Å². The Bertz CT molecular complexity index is 568. The molecular formula is C19H31IN4O. The summed E-state index contributed by atoms with van der Waals surface area (Å²) in [6.07, 6.45) is 5.77. The number of amides is 1. The summed E-state index contributed by atoms with van der Waals surface area (Å²) in [5.41, 5.74) is 8.02. The van der Waals surface area contributed by atoms with E-state index in [-0.39, 0.29) is 35.8 Å². The Hall–Kier alpha value is -1.31. The summed E-state index contributed by atoms with van der Waals surface area (Å²) in [7, 11) is 0. The van der Waals surface area contributed by atoms with Gasteiger partial charge in [-0.3, -0.25) is 4.79 Å². The van der Waals surface area contributed by atoms with Crippen LogP contribution in [0.15, 0.2) is 29.3 Å². The minimum absolute atomic E-state index is 0. The largest absolute Gasteiger partial charge is 0.370 e. The van der Waals surface area contributed by atoms with Crippen molar-refractivity contribution in [3.05, 3.63) is 29.8 Å². The van der Waals surface area contributed by atoms with Crippen LogP contribution in [0.25, 0.3) is 0 Å². The summed E-state index contributed by atoms with van der Waals surface area (Å²) < 4.78 is 0. The second-order valence-electron chi connectivity index (χ2n) is 6.57. The van der Waals surface area contributed by atoms with Crippen molar-refractivity contribution in [2.24, 2.45) is 16.6 Å². The number of carbonyl (C=O) groups excluding carboxylic acids is 1. The molecular weight excluding hydrogens is 427 g/mol. The fourth-order valence-corrected chi connectivity index (χ4v) is 2.77. The molecule has 6 heteroatoms. The van der Waals surface area contributed by atoms with E-state index in [1.165, 1.54) is 25.7 Å². The first-order valence-electron chi connectivity index (χ1n) is 9.04. The summed E-state index contributed by atoms with van der Waals surface area (Å²) in [5.74, 6) is 0.707. The van der Waals surface area contributed by atoms with E-state index in [2.05, 4.69) is 15.2 Å². The molecule has 0 bridgehead atoms. The molecule has 0 saturated carbocycles. The van der Waals surface area contributed by atoms with E-state index in [4.69, 9.17) is 5.73 Å². The van der Waals surface area contributed by atoms with Crippen LogP contribution in [0.2, 0.25) is 0 Å². The molecule has 1 heterocycles. The van der Waals surface area contributed by atoms with Gasteiger partial charge >= 0.3 is 0 Å².